The van der Waals surface area contributed by atoms with Crippen LogP contribution in [0.2, 0.25) is 0 Å². The van der Waals surface area contributed by atoms with Crippen LogP contribution in [0.15, 0.2) is 40.2 Å². The number of piperidine rings is 1. The predicted molar refractivity (Wildman–Crippen MR) is 146 cm³/mol. The van der Waals surface area contributed by atoms with Gasteiger partial charge in [-0.2, -0.15) is 0 Å². The third kappa shape index (κ3) is 7.77. The Hall–Kier alpha value is -0.510. The summed E-state index contributed by atoms with van der Waals surface area (Å²) in [5.74, 6) is 1.75. The number of nitrogens with zero attached hydrogens (tertiary/aromatic N) is 2. The number of hydrogen-bond acceptors (Lipinski definition) is 4. The number of likely N-dealkylation sites (tertiary alicyclic amines) is 1. The van der Waals surface area contributed by atoms with E-state index in [0.717, 1.165) is 38.2 Å². The Balaban J connectivity index is 0.00000289. The second-order valence-electron chi connectivity index (χ2n) is 9.45. The molecule has 2 aliphatic heterocycles. The fraction of sp³-hybridized carbons (Fsp3) is 0.720. The number of ether oxygens (including phenoxy) is 1. The van der Waals surface area contributed by atoms with Gasteiger partial charge in [0.25, 0.3) is 0 Å². The summed E-state index contributed by atoms with van der Waals surface area (Å²) in [7, 11) is 0. The van der Waals surface area contributed by atoms with Crippen molar-refractivity contribution in [2.24, 2.45) is 10.9 Å². The van der Waals surface area contributed by atoms with E-state index in [4.69, 9.17) is 9.73 Å². The summed E-state index contributed by atoms with van der Waals surface area (Å²) in [6, 6.07) is 11.4. The maximum Gasteiger partial charge on any atom is 0.191 e. The molecule has 3 fully saturated rings. The molecule has 1 aliphatic carbocycles. The van der Waals surface area contributed by atoms with Crippen molar-refractivity contribution in [1.82, 2.24) is 15.5 Å². The standard InChI is InChI=1S/C25H40N4OS.HI/c1-2-26-24(28-22-10-15-29(16-11-22)18-21-12-17-30-19-21)27-20-25(13-6-7-14-25)31-23-8-4-3-5-9-23;/h3-5,8-9,21-22H,2,6-7,10-20H2,1H3,(H2,26,27,28);1H. The number of hydrogen-bond donors (Lipinski definition) is 2. The summed E-state index contributed by atoms with van der Waals surface area (Å²) < 4.78 is 5.80. The Morgan fingerprint density at radius 3 is 2.56 bits per heavy atom. The van der Waals surface area contributed by atoms with E-state index in [1.807, 2.05) is 11.8 Å². The van der Waals surface area contributed by atoms with Gasteiger partial charge in [0.05, 0.1) is 13.2 Å². The second-order valence-corrected chi connectivity index (χ2v) is 11.0. The van der Waals surface area contributed by atoms with Crippen molar-refractivity contribution in [3.8, 4) is 0 Å². The quantitative estimate of drug-likeness (QED) is 0.267. The van der Waals surface area contributed by atoms with Crippen molar-refractivity contribution < 1.29 is 4.74 Å². The van der Waals surface area contributed by atoms with Gasteiger partial charge in [0.15, 0.2) is 5.96 Å². The minimum Gasteiger partial charge on any atom is -0.381 e. The van der Waals surface area contributed by atoms with E-state index < -0.39 is 0 Å². The highest BCUT2D eigenvalue weighted by atomic mass is 127. The minimum absolute atomic E-state index is 0. The van der Waals surface area contributed by atoms with Crippen molar-refractivity contribution >= 4 is 41.7 Å². The molecule has 1 saturated carbocycles. The molecule has 0 spiro atoms. The van der Waals surface area contributed by atoms with Crippen LogP contribution in [0.1, 0.15) is 51.9 Å². The molecule has 0 aromatic heterocycles. The molecule has 32 heavy (non-hydrogen) atoms. The Morgan fingerprint density at radius 1 is 1.16 bits per heavy atom. The predicted octanol–water partition coefficient (Wildman–Crippen LogP) is 4.77. The molecule has 1 aromatic carbocycles. The van der Waals surface area contributed by atoms with E-state index in [1.165, 1.54) is 69.5 Å². The first-order valence-corrected chi connectivity index (χ1v) is 13.2. The van der Waals surface area contributed by atoms with Crippen LogP contribution in [0, 0.1) is 5.92 Å². The summed E-state index contributed by atoms with van der Waals surface area (Å²) in [5, 5.41) is 7.26. The first-order valence-electron chi connectivity index (χ1n) is 12.3. The van der Waals surface area contributed by atoms with E-state index in [1.54, 1.807) is 0 Å². The second kappa shape index (κ2) is 13.4. The lowest BCUT2D eigenvalue weighted by Crippen LogP contribution is -2.49. The van der Waals surface area contributed by atoms with Crippen molar-refractivity contribution in [1.29, 1.82) is 0 Å². The molecule has 0 radical (unpaired) electrons. The highest BCUT2D eigenvalue weighted by Crippen LogP contribution is 2.45. The van der Waals surface area contributed by atoms with Crippen LogP contribution in [0.25, 0.3) is 0 Å². The monoisotopic (exact) mass is 572 g/mol. The zero-order chi connectivity index (χ0) is 21.4. The Bertz CT molecular complexity index is 684. The van der Waals surface area contributed by atoms with Crippen LogP contribution in [-0.4, -0.2) is 67.6 Å². The van der Waals surface area contributed by atoms with Gasteiger partial charge in [0.2, 0.25) is 0 Å². The number of aliphatic imine (C=N–C) groups is 1. The van der Waals surface area contributed by atoms with Gasteiger partial charge in [-0.15, -0.1) is 35.7 Å². The van der Waals surface area contributed by atoms with Gasteiger partial charge in [0.1, 0.15) is 0 Å². The Kier molecular flexibility index (Phi) is 10.9. The van der Waals surface area contributed by atoms with Crippen LogP contribution in [0.3, 0.4) is 0 Å². The average molecular weight is 573 g/mol. The summed E-state index contributed by atoms with van der Waals surface area (Å²) in [6.07, 6.45) is 8.80. The van der Waals surface area contributed by atoms with Crippen molar-refractivity contribution in [2.45, 2.75) is 67.6 Å². The molecule has 1 atom stereocenters. The van der Waals surface area contributed by atoms with Crippen LogP contribution in [-0.2, 0) is 4.74 Å². The lowest BCUT2D eigenvalue weighted by atomic mass is 10.0. The van der Waals surface area contributed by atoms with E-state index in [0.29, 0.717) is 6.04 Å². The highest BCUT2D eigenvalue weighted by Gasteiger charge is 2.35. The van der Waals surface area contributed by atoms with Gasteiger partial charge >= 0.3 is 0 Å². The number of thioether (sulfide) groups is 1. The average Bonchev–Trinajstić information content (AvgIpc) is 3.47. The van der Waals surface area contributed by atoms with Crippen LogP contribution < -0.4 is 10.6 Å². The molecule has 1 aromatic rings. The zero-order valence-corrected chi connectivity index (χ0v) is 22.7. The van der Waals surface area contributed by atoms with Crippen LogP contribution >= 0.6 is 35.7 Å². The molecule has 3 aliphatic rings. The number of guanidine groups is 1. The number of benzene rings is 1. The molecular weight excluding hydrogens is 531 g/mol. The first kappa shape index (κ1) is 26.1. The van der Waals surface area contributed by atoms with Gasteiger partial charge in [-0.3, -0.25) is 4.99 Å². The molecule has 180 valence electrons. The number of halogens is 1. The van der Waals surface area contributed by atoms with E-state index in [9.17, 15) is 0 Å². The number of rotatable bonds is 8. The van der Waals surface area contributed by atoms with Crippen LogP contribution in [0.5, 0.6) is 0 Å². The Morgan fingerprint density at radius 2 is 1.91 bits per heavy atom. The third-order valence-corrected chi connectivity index (χ3v) is 8.41. The molecule has 0 bridgehead atoms. The largest absolute Gasteiger partial charge is 0.381 e. The van der Waals surface area contributed by atoms with Gasteiger partial charge in [-0.25, -0.2) is 0 Å². The third-order valence-electron chi connectivity index (χ3n) is 6.93. The SMILES string of the molecule is CCNC(=NCC1(Sc2ccccc2)CCCC1)NC1CCN(CC2CCOC2)CC1.I. The summed E-state index contributed by atoms with van der Waals surface area (Å²) >= 11 is 2.04. The van der Waals surface area contributed by atoms with E-state index in [-0.39, 0.29) is 28.7 Å². The molecule has 7 heteroatoms. The molecule has 4 rings (SSSR count). The molecule has 2 saturated heterocycles. The van der Waals surface area contributed by atoms with Crippen molar-refractivity contribution in [3.05, 3.63) is 30.3 Å². The zero-order valence-electron chi connectivity index (χ0n) is 19.6. The maximum absolute atomic E-state index is 5.55. The molecule has 5 nitrogen and oxygen atoms in total. The normalized spacial score (nSPS) is 24.3. The van der Waals surface area contributed by atoms with Crippen molar-refractivity contribution in [2.75, 3.05) is 45.9 Å². The van der Waals surface area contributed by atoms with Gasteiger partial charge in [-0.1, -0.05) is 31.0 Å². The van der Waals surface area contributed by atoms with Gasteiger partial charge in [-0.05, 0) is 57.1 Å². The highest BCUT2D eigenvalue weighted by molar-refractivity contribution is 14.0. The minimum atomic E-state index is 0. The topological polar surface area (TPSA) is 48.9 Å². The Labute approximate surface area is 215 Å². The smallest absolute Gasteiger partial charge is 0.191 e. The first-order chi connectivity index (χ1) is 15.2. The van der Waals surface area contributed by atoms with Crippen molar-refractivity contribution in [3.63, 3.8) is 0 Å². The molecule has 2 heterocycles. The molecule has 0 amide bonds. The molecule has 1 unspecified atom stereocenters. The summed E-state index contributed by atoms with van der Waals surface area (Å²) in [6.45, 7) is 9.44. The summed E-state index contributed by atoms with van der Waals surface area (Å²) in [5.41, 5.74) is 0. The maximum atomic E-state index is 5.55. The number of nitrogens with one attached hydrogen (secondary N) is 2. The molecular formula is C25H41IN4OS. The van der Waals surface area contributed by atoms with Gasteiger partial charge in [0, 0.05) is 48.5 Å². The summed E-state index contributed by atoms with van der Waals surface area (Å²) in [4.78, 5) is 9.11. The lowest BCUT2D eigenvalue weighted by molar-refractivity contribution is 0.150. The van der Waals surface area contributed by atoms with E-state index in [2.05, 4.69) is 52.8 Å². The van der Waals surface area contributed by atoms with Gasteiger partial charge < -0.3 is 20.3 Å². The fourth-order valence-electron chi connectivity index (χ4n) is 5.14. The van der Waals surface area contributed by atoms with E-state index >= 15 is 0 Å². The molecule has 2 N–H and O–H groups in total. The lowest BCUT2D eigenvalue weighted by Gasteiger charge is -2.34. The van der Waals surface area contributed by atoms with Crippen LogP contribution in [0.4, 0.5) is 0 Å². The fourth-order valence-corrected chi connectivity index (χ4v) is 6.55.